The molecule has 0 amide bonds. The third-order valence-corrected chi connectivity index (χ3v) is 2.82. The van der Waals surface area contributed by atoms with Gasteiger partial charge in [-0.15, -0.1) is 0 Å². The second-order valence-electron chi connectivity index (χ2n) is 4.11. The van der Waals surface area contributed by atoms with E-state index in [1.807, 2.05) is 12.1 Å². The Morgan fingerprint density at radius 2 is 1.90 bits per heavy atom. The van der Waals surface area contributed by atoms with Crippen molar-refractivity contribution in [2.75, 3.05) is 0 Å². The van der Waals surface area contributed by atoms with Gasteiger partial charge in [-0.3, -0.25) is 0 Å². The Kier molecular flexibility index (Phi) is 5.07. The topological polar surface area (TPSA) is 21.6 Å². The van der Waals surface area contributed by atoms with Gasteiger partial charge in [0.2, 0.25) is 0 Å². The molecule has 2 aromatic carbocycles. The second-order valence-corrected chi connectivity index (χ2v) is 4.54. The zero-order valence-corrected chi connectivity index (χ0v) is 11.2. The van der Waals surface area contributed by atoms with E-state index in [1.165, 1.54) is 18.3 Å². The first kappa shape index (κ1) is 14.5. The first-order chi connectivity index (χ1) is 9.65. The van der Waals surface area contributed by atoms with E-state index >= 15 is 0 Å². The fourth-order valence-electron chi connectivity index (χ4n) is 1.56. The maximum absolute atomic E-state index is 12.4. The molecule has 0 N–H and O–H groups in total. The molecule has 2 nitrogen and oxygen atoms in total. The van der Waals surface area contributed by atoms with Crippen molar-refractivity contribution in [1.82, 2.24) is 0 Å². The summed E-state index contributed by atoms with van der Waals surface area (Å²) in [6.45, 7) is 0.298. The molecule has 2 aromatic rings. The Labute approximate surface area is 120 Å². The molecule has 0 aliphatic rings. The third kappa shape index (κ3) is 4.31. The van der Waals surface area contributed by atoms with Gasteiger partial charge in [-0.25, -0.2) is 8.78 Å². The molecule has 104 valence electrons. The molecule has 0 fully saturated rings. The Morgan fingerprint density at radius 1 is 1.15 bits per heavy atom. The molecular formula is C15H12ClF2NO. The quantitative estimate of drug-likeness (QED) is 0.572. The number of nitrogens with zero attached hydrogens (tertiary/aromatic N) is 1. The molecule has 0 aliphatic carbocycles. The van der Waals surface area contributed by atoms with Crippen molar-refractivity contribution >= 4 is 17.8 Å². The largest absolute Gasteiger partial charge is 0.391 e. The molecule has 0 unspecified atom stereocenters. The molecule has 2 rings (SSSR count). The van der Waals surface area contributed by atoms with Crippen LogP contribution in [0.5, 0.6) is 0 Å². The van der Waals surface area contributed by atoms with Crippen LogP contribution in [0.25, 0.3) is 0 Å². The smallest absolute Gasteiger partial charge is 0.263 e. The van der Waals surface area contributed by atoms with E-state index in [0.717, 1.165) is 5.56 Å². The fraction of sp³-hybridized carbons (Fsp3) is 0.133. The van der Waals surface area contributed by atoms with Crippen LogP contribution in [0.3, 0.4) is 0 Å². The molecule has 0 saturated heterocycles. The van der Waals surface area contributed by atoms with Crippen LogP contribution in [-0.4, -0.2) is 6.21 Å². The van der Waals surface area contributed by atoms with E-state index in [4.69, 9.17) is 16.4 Å². The Hall–Kier alpha value is -1.94. The first-order valence-corrected chi connectivity index (χ1v) is 6.31. The molecule has 5 heteroatoms. The van der Waals surface area contributed by atoms with E-state index in [-0.39, 0.29) is 5.56 Å². The van der Waals surface area contributed by atoms with Crippen molar-refractivity contribution in [2.45, 2.75) is 13.0 Å². The van der Waals surface area contributed by atoms with Gasteiger partial charge in [-0.1, -0.05) is 53.2 Å². The summed E-state index contributed by atoms with van der Waals surface area (Å²) >= 11 is 5.84. The predicted molar refractivity (Wildman–Crippen MR) is 75.2 cm³/mol. The van der Waals surface area contributed by atoms with Crippen molar-refractivity contribution < 1.29 is 13.6 Å². The highest BCUT2D eigenvalue weighted by molar-refractivity contribution is 6.30. The zero-order valence-electron chi connectivity index (χ0n) is 10.5. The highest BCUT2D eigenvalue weighted by Crippen LogP contribution is 2.18. The minimum atomic E-state index is -2.46. The average Bonchev–Trinajstić information content (AvgIpc) is 2.44. The van der Waals surface area contributed by atoms with Gasteiger partial charge in [-0.05, 0) is 23.3 Å². The number of alkyl halides is 2. The van der Waals surface area contributed by atoms with Crippen LogP contribution in [0, 0.1) is 0 Å². The summed E-state index contributed by atoms with van der Waals surface area (Å²) in [5, 5.41) is 4.42. The van der Waals surface area contributed by atoms with Crippen LogP contribution in [0.2, 0.25) is 5.02 Å². The Morgan fingerprint density at radius 3 is 2.55 bits per heavy atom. The lowest BCUT2D eigenvalue weighted by atomic mass is 10.1. The standard InChI is InChI=1S/C15H12ClF2NO/c16-14-3-1-2-12(8-14)10-20-19-9-11-4-6-13(7-5-11)15(17)18/h1-9,15H,10H2. The van der Waals surface area contributed by atoms with Gasteiger partial charge in [0.25, 0.3) is 6.43 Å². The number of benzene rings is 2. The van der Waals surface area contributed by atoms with Crippen LogP contribution >= 0.6 is 11.6 Å². The number of halogens is 3. The monoisotopic (exact) mass is 295 g/mol. The van der Waals surface area contributed by atoms with Crippen LogP contribution in [-0.2, 0) is 11.4 Å². The van der Waals surface area contributed by atoms with E-state index in [0.29, 0.717) is 17.2 Å². The van der Waals surface area contributed by atoms with Gasteiger partial charge in [0, 0.05) is 10.6 Å². The number of rotatable bonds is 5. The molecule has 0 aromatic heterocycles. The molecule has 20 heavy (non-hydrogen) atoms. The van der Waals surface area contributed by atoms with E-state index in [2.05, 4.69) is 5.16 Å². The molecule has 0 spiro atoms. The molecule has 0 bridgehead atoms. The summed E-state index contributed by atoms with van der Waals surface area (Å²) in [5.41, 5.74) is 1.59. The maximum Gasteiger partial charge on any atom is 0.263 e. The van der Waals surface area contributed by atoms with Crippen molar-refractivity contribution in [3.63, 3.8) is 0 Å². The SMILES string of the molecule is FC(F)c1ccc(C=NOCc2cccc(Cl)c2)cc1. The van der Waals surface area contributed by atoms with Crippen molar-refractivity contribution in [2.24, 2.45) is 5.16 Å². The van der Waals surface area contributed by atoms with Gasteiger partial charge < -0.3 is 4.84 Å². The normalized spacial score (nSPS) is 11.2. The highest BCUT2D eigenvalue weighted by atomic mass is 35.5. The van der Waals surface area contributed by atoms with Gasteiger partial charge in [0.15, 0.2) is 0 Å². The number of hydrogen-bond acceptors (Lipinski definition) is 2. The lowest BCUT2D eigenvalue weighted by molar-refractivity contribution is 0.132. The van der Waals surface area contributed by atoms with Crippen LogP contribution in [0.4, 0.5) is 8.78 Å². The summed E-state index contributed by atoms with van der Waals surface area (Å²) in [4.78, 5) is 5.12. The second kappa shape index (κ2) is 7.01. The summed E-state index contributed by atoms with van der Waals surface area (Å²) in [6, 6.07) is 13.1. The lowest BCUT2D eigenvalue weighted by Crippen LogP contribution is -1.89. The minimum Gasteiger partial charge on any atom is -0.391 e. The first-order valence-electron chi connectivity index (χ1n) is 5.93. The lowest BCUT2D eigenvalue weighted by Gasteiger charge is -2.01. The highest BCUT2D eigenvalue weighted by Gasteiger charge is 2.04. The number of oxime groups is 1. The van der Waals surface area contributed by atoms with Crippen LogP contribution in [0.15, 0.2) is 53.7 Å². The Bertz CT molecular complexity index is 585. The molecular weight excluding hydrogens is 284 g/mol. The maximum atomic E-state index is 12.4. The van der Waals surface area contributed by atoms with Crippen LogP contribution < -0.4 is 0 Å². The summed E-state index contributed by atoms with van der Waals surface area (Å²) < 4.78 is 24.7. The fourth-order valence-corrected chi connectivity index (χ4v) is 1.78. The molecule has 0 radical (unpaired) electrons. The molecule has 0 saturated carbocycles. The predicted octanol–water partition coefficient (Wildman–Crippen LogP) is 4.83. The zero-order chi connectivity index (χ0) is 14.4. The van der Waals surface area contributed by atoms with Crippen LogP contribution in [0.1, 0.15) is 23.1 Å². The minimum absolute atomic E-state index is 0.0120. The third-order valence-electron chi connectivity index (χ3n) is 2.58. The molecule has 0 heterocycles. The van der Waals surface area contributed by atoms with E-state index < -0.39 is 6.43 Å². The van der Waals surface area contributed by atoms with E-state index in [1.54, 1.807) is 24.3 Å². The van der Waals surface area contributed by atoms with Crippen molar-refractivity contribution in [3.8, 4) is 0 Å². The van der Waals surface area contributed by atoms with Gasteiger partial charge in [0.1, 0.15) is 6.61 Å². The molecule has 0 aliphatic heterocycles. The van der Waals surface area contributed by atoms with Crippen molar-refractivity contribution in [3.05, 3.63) is 70.2 Å². The van der Waals surface area contributed by atoms with Gasteiger partial charge >= 0.3 is 0 Å². The van der Waals surface area contributed by atoms with Gasteiger partial charge in [0.05, 0.1) is 6.21 Å². The number of hydrogen-bond donors (Lipinski definition) is 0. The summed E-state index contributed by atoms with van der Waals surface area (Å²) in [7, 11) is 0. The van der Waals surface area contributed by atoms with E-state index in [9.17, 15) is 8.78 Å². The summed E-state index contributed by atoms with van der Waals surface area (Å²) in [5.74, 6) is 0. The molecule has 0 atom stereocenters. The van der Waals surface area contributed by atoms with Gasteiger partial charge in [-0.2, -0.15) is 0 Å². The Balaban J connectivity index is 1.87. The van der Waals surface area contributed by atoms with Crippen molar-refractivity contribution in [1.29, 1.82) is 0 Å². The summed E-state index contributed by atoms with van der Waals surface area (Å²) in [6.07, 6.45) is -0.986. The average molecular weight is 296 g/mol.